The summed E-state index contributed by atoms with van der Waals surface area (Å²) in [5.41, 5.74) is 2.41. The molecule has 0 amide bonds. The van der Waals surface area contributed by atoms with Crippen LogP contribution in [0.25, 0.3) is 0 Å². The minimum Gasteiger partial charge on any atom is -0.467 e. The van der Waals surface area contributed by atoms with Crippen LogP contribution in [-0.4, -0.2) is 11.5 Å². The van der Waals surface area contributed by atoms with Crippen molar-refractivity contribution in [2.45, 2.75) is 26.3 Å². The molecule has 2 aromatic rings. The van der Waals surface area contributed by atoms with Crippen molar-refractivity contribution >= 4 is 0 Å². The summed E-state index contributed by atoms with van der Waals surface area (Å²) in [7, 11) is 0. The van der Waals surface area contributed by atoms with Crippen LogP contribution >= 0.6 is 0 Å². The topological polar surface area (TPSA) is 38.1 Å². The van der Waals surface area contributed by atoms with Gasteiger partial charge in [-0.2, -0.15) is 0 Å². The molecule has 1 N–H and O–H groups in total. The van der Waals surface area contributed by atoms with E-state index in [1.807, 2.05) is 18.3 Å². The maximum Gasteiger partial charge on any atom is 0.123 e. The van der Waals surface area contributed by atoms with Crippen molar-refractivity contribution in [2.24, 2.45) is 0 Å². The van der Waals surface area contributed by atoms with Gasteiger partial charge in [0.15, 0.2) is 0 Å². The predicted molar refractivity (Wildman–Crippen MR) is 67.8 cm³/mol. The molecule has 0 aromatic carbocycles. The van der Waals surface area contributed by atoms with E-state index in [-0.39, 0.29) is 6.04 Å². The second kappa shape index (κ2) is 5.64. The SMILES string of the molecule is CCNC(Cc1cccnc1)c1occc1C. The fourth-order valence-electron chi connectivity index (χ4n) is 2.00. The third kappa shape index (κ3) is 2.94. The minimum atomic E-state index is 0.221. The normalized spacial score (nSPS) is 12.6. The van der Waals surface area contributed by atoms with Crippen LogP contribution in [0.4, 0.5) is 0 Å². The molecule has 0 aliphatic rings. The Kier molecular flexibility index (Phi) is 3.94. The molecule has 3 nitrogen and oxygen atoms in total. The van der Waals surface area contributed by atoms with E-state index in [1.165, 1.54) is 11.1 Å². The van der Waals surface area contributed by atoms with Gasteiger partial charge in [0.2, 0.25) is 0 Å². The van der Waals surface area contributed by atoms with Gasteiger partial charge in [-0.3, -0.25) is 4.98 Å². The zero-order chi connectivity index (χ0) is 12.1. The maximum atomic E-state index is 5.57. The fourth-order valence-corrected chi connectivity index (χ4v) is 2.00. The van der Waals surface area contributed by atoms with Crippen molar-refractivity contribution in [1.82, 2.24) is 10.3 Å². The lowest BCUT2D eigenvalue weighted by Crippen LogP contribution is -2.23. The molecule has 1 atom stereocenters. The highest BCUT2D eigenvalue weighted by Gasteiger charge is 2.16. The Balaban J connectivity index is 2.16. The lowest BCUT2D eigenvalue weighted by atomic mass is 10.0. The van der Waals surface area contributed by atoms with E-state index < -0.39 is 0 Å². The molecule has 0 spiro atoms. The van der Waals surface area contributed by atoms with Gasteiger partial charge in [-0.05, 0) is 43.1 Å². The molecule has 3 heteroatoms. The summed E-state index contributed by atoms with van der Waals surface area (Å²) in [4.78, 5) is 4.14. The van der Waals surface area contributed by atoms with Gasteiger partial charge in [0.1, 0.15) is 5.76 Å². The van der Waals surface area contributed by atoms with Gasteiger partial charge in [0.05, 0.1) is 12.3 Å². The Morgan fingerprint density at radius 1 is 1.41 bits per heavy atom. The van der Waals surface area contributed by atoms with Gasteiger partial charge in [-0.1, -0.05) is 13.0 Å². The van der Waals surface area contributed by atoms with E-state index >= 15 is 0 Å². The first-order valence-corrected chi connectivity index (χ1v) is 5.97. The molecule has 2 heterocycles. The van der Waals surface area contributed by atoms with E-state index in [0.29, 0.717) is 0 Å². The first-order valence-electron chi connectivity index (χ1n) is 5.97. The standard InChI is InChI=1S/C14H18N2O/c1-3-16-13(14-11(2)6-8-17-14)9-12-5-4-7-15-10-12/h4-8,10,13,16H,3,9H2,1-2H3. The molecule has 0 fully saturated rings. The molecule has 0 radical (unpaired) electrons. The number of pyridine rings is 1. The van der Waals surface area contributed by atoms with Crippen molar-refractivity contribution in [3.63, 3.8) is 0 Å². The number of furan rings is 1. The van der Waals surface area contributed by atoms with E-state index in [9.17, 15) is 0 Å². The number of hydrogen-bond acceptors (Lipinski definition) is 3. The lowest BCUT2D eigenvalue weighted by Gasteiger charge is -2.16. The van der Waals surface area contributed by atoms with Crippen LogP contribution in [0, 0.1) is 6.92 Å². The smallest absolute Gasteiger partial charge is 0.123 e. The highest BCUT2D eigenvalue weighted by Crippen LogP contribution is 2.22. The summed E-state index contributed by atoms with van der Waals surface area (Å²) in [6.07, 6.45) is 6.35. The zero-order valence-electron chi connectivity index (χ0n) is 10.3. The molecule has 0 saturated carbocycles. The molecule has 0 aliphatic carbocycles. The summed E-state index contributed by atoms with van der Waals surface area (Å²) in [6, 6.07) is 6.28. The summed E-state index contributed by atoms with van der Waals surface area (Å²) < 4.78 is 5.57. The van der Waals surface area contributed by atoms with Gasteiger partial charge in [-0.25, -0.2) is 0 Å². The third-order valence-electron chi connectivity index (χ3n) is 2.83. The molecular formula is C14H18N2O. The Morgan fingerprint density at radius 2 is 2.29 bits per heavy atom. The summed E-state index contributed by atoms with van der Waals surface area (Å²) in [5, 5.41) is 3.45. The number of aryl methyl sites for hydroxylation is 1. The van der Waals surface area contributed by atoms with Crippen LogP contribution in [0.5, 0.6) is 0 Å². The maximum absolute atomic E-state index is 5.57. The van der Waals surface area contributed by atoms with E-state index in [1.54, 1.807) is 12.5 Å². The lowest BCUT2D eigenvalue weighted by molar-refractivity contribution is 0.413. The van der Waals surface area contributed by atoms with Crippen molar-refractivity contribution in [1.29, 1.82) is 0 Å². The molecule has 0 bridgehead atoms. The Labute approximate surface area is 102 Å². The van der Waals surface area contributed by atoms with Crippen molar-refractivity contribution in [3.05, 3.63) is 53.7 Å². The molecular weight excluding hydrogens is 212 g/mol. The first-order chi connectivity index (χ1) is 8.31. The van der Waals surface area contributed by atoms with Gasteiger partial charge >= 0.3 is 0 Å². The van der Waals surface area contributed by atoms with Crippen molar-refractivity contribution in [3.8, 4) is 0 Å². The summed E-state index contributed by atoms with van der Waals surface area (Å²) in [5.74, 6) is 1.02. The van der Waals surface area contributed by atoms with Gasteiger partial charge in [0.25, 0.3) is 0 Å². The van der Waals surface area contributed by atoms with Gasteiger partial charge in [-0.15, -0.1) is 0 Å². The molecule has 17 heavy (non-hydrogen) atoms. The number of rotatable bonds is 5. The molecule has 2 aromatic heterocycles. The summed E-state index contributed by atoms with van der Waals surface area (Å²) >= 11 is 0. The van der Waals surface area contributed by atoms with E-state index in [4.69, 9.17) is 4.42 Å². The highest BCUT2D eigenvalue weighted by molar-refractivity contribution is 5.21. The first kappa shape index (κ1) is 11.9. The average molecular weight is 230 g/mol. The van der Waals surface area contributed by atoms with Crippen LogP contribution in [0.1, 0.15) is 29.9 Å². The second-order valence-corrected chi connectivity index (χ2v) is 4.14. The van der Waals surface area contributed by atoms with Crippen LogP contribution in [-0.2, 0) is 6.42 Å². The Morgan fingerprint density at radius 3 is 2.88 bits per heavy atom. The molecule has 0 saturated heterocycles. The fraction of sp³-hybridized carbons (Fsp3) is 0.357. The Hall–Kier alpha value is -1.61. The number of hydrogen-bond donors (Lipinski definition) is 1. The zero-order valence-corrected chi connectivity index (χ0v) is 10.3. The average Bonchev–Trinajstić information content (AvgIpc) is 2.76. The van der Waals surface area contributed by atoms with E-state index in [2.05, 4.69) is 30.2 Å². The number of likely N-dealkylation sites (N-methyl/N-ethyl adjacent to an activating group) is 1. The van der Waals surface area contributed by atoms with Crippen LogP contribution in [0.2, 0.25) is 0 Å². The van der Waals surface area contributed by atoms with Crippen molar-refractivity contribution in [2.75, 3.05) is 6.54 Å². The van der Waals surface area contributed by atoms with Crippen LogP contribution in [0.3, 0.4) is 0 Å². The van der Waals surface area contributed by atoms with Crippen molar-refractivity contribution < 1.29 is 4.42 Å². The molecule has 0 aliphatic heterocycles. The number of aromatic nitrogens is 1. The second-order valence-electron chi connectivity index (χ2n) is 4.14. The summed E-state index contributed by atoms with van der Waals surface area (Å²) in [6.45, 7) is 5.10. The molecule has 2 rings (SSSR count). The number of nitrogens with zero attached hydrogens (tertiary/aromatic N) is 1. The van der Waals surface area contributed by atoms with Crippen LogP contribution in [0.15, 0.2) is 41.3 Å². The molecule has 1 unspecified atom stereocenters. The van der Waals surface area contributed by atoms with Crippen LogP contribution < -0.4 is 5.32 Å². The highest BCUT2D eigenvalue weighted by atomic mass is 16.3. The van der Waals surface area contributed by atoms with Gasteiger partial charge < -0.3 is 9.73 Å². The largest absolute Gasteiger partial charge is 0.467 e. The van der Waals surface area contributed by atoms with E-state index in [0.717, 1.165) is 18.7 Å². The Bertz CT molecular complexity index is 450. The van der Waals surface area contributed by atoms with Gasteiger partial charge in [0, 0.05) is 12.4 Å². The molecule has 90 valence electrons. The minimum absolute atomic E-state index is 0.221. The third-order valence-corrected chi connectivity index (χ3v) is 2.83. The predicted octanol–water partition coefficient (Wildman–Crippen LogP) is 2.88. The number of nitrogens with one attached hydrogen (secondary N) is 1. The quantitative estimate of drug-likeness (QED) is 0.858. The monoisotopic (exact) mass is 230 g/mol.